The Kier molecular flexibility index (Phi) is 2.95. The number of benzene rings is 2. The lowest BCUT2D eigenvalue weighted by Crippen LogP contribution is -2.08. The molecule has 0 unspecified atom stereocenters. The van der Waals surface area contributed by atoms with Crippen LogP contribution in [0.2, 0.25) is 0 Å². The van der Waals surface area contributed by atoms with Gasteiger partial charge in [-0.1, -0.05) is 6.07 Å². The number of carbonyl (C=O) groups is 1. The molecule has 17 heavy (non-hydrogen) atoms. The second kappa shape index (κ2) is 4.41. The number of halogens is 1. The zero-order chi connectivity index (χ0) is 12.4. The summed E-state index contributed by atoms with van der Waals surface area (Å²) < 4.78 is 17.9. The van der Waals surface area contributed by atoms with Crippen molar-refractivity contribution in [1.29, 1.82) is 0 Å². The Hall–Kier alpha value is -2.10. The molecule has 0 spiro atoms. The van der Waals surface area contributed by atoms with E-state index >= 15 is 0 Å². The van der Waals surface area contributed by atoms with Gasteiger partial charge >= 0.3 is 5.97 Å². The lowest BCUT2D eigenvalue weighted by Gasteiger charge is -2.08. The van der Waals surface area contributed by atoms with Crippen molar-refractivity contribution in [2.75, 3.05) is 12.3 Å². The highest BCUT2D eigenvalue weighted by Gasteiger charge is 2.13. The van der Waals surface area contributed by atoms with Crippen molar-refractivity contribution in [1.82, 2.24) is 0 Å². The van der Waals surface area contributed by atoms with Crippen LogP contribution < -0.4 is 5.73 Å². The summed E-state index contributed by atoms with van der Waals surface area (Å²) in [5.74, 6) is -0.794. The predicted molar refractivity (Wildman–Crippen MR) is 64.3 cm³/mol. The van der Waals surface area contributed by atoms with E-state index in [0.29, 0.717) is 28.6 Å². The molecular formula is C13H12FNO2. The number of fused-ring (bicyclic) bond motifs is 1. The SMILES string of the molecule is CCOC(=O)c1ccc2cc(F)ccc2c1N. The molecule has 0 saturated heterocycles. The molecule has 0 aliphatic carbocycles. The quantitative estimate of drug-likeness (QED) is 0.641. The molecule has 4 heteroatoms. The van der Waals surface area contributed by atoms with E-state index in [1.807, 2.05) is 0 Å². The smallest absolute Gasteiger partial charge is 0.340 e. The fraction of sp³-hybridized carbons (Fsp3) is 0.154. The van der Waals surface area contributed by atoms with Crippen LogP contribution in [0.3, 0.4) is 0 Å². The van der Waals surface area contributed by atoms with E-state index in [-0.39, 0.29) is 5.82 Å². The van der Waals surface area contributed by atoms with Crippen LogP contribution in [0.15, 0.2) is 30.3 Å². The summed E-state index contributed by atoms with van der Waals surface area (Å²) in [5.41, 5.74) is 6.51. The predicted octanol–water partition coefficient (Wildman–Crippen LogP) is 2.74. The topological polar surface area (TPSA) is 52.3 Å². The molecule has 0 amide bonds. The van der Waals surface area contributed by atoms with Crippen molar-refractivity contribution in [3.63, 3.8) is 0 Å². The molecule has 2 rings (SSSR count). The van der Waals surface area contributed by atoms with Crippen LogP contribution in [0.4, 0.5) is 10.1 Å². The molecule has 0 aliphatic heterocycles. The van der Waals surface area contributed by atoms with Gasteiger partial charge in [-0.15, -0.1) is 0 Å². The van der Waals surface area contributed by atoms with Gasteiger partial charge in [0.2, 0.25) is 0 Å². The first-order valence-electron chi connectivity index (χ1n) is 5.28. The molecule has 0 aromatic heterocycles. The average molecular weight is 233 g/mol. The summed E-state index contributed by atoms with van der Waals surface area (Å²) in [6.07, 6.45) is 0. The van der Waals surface area contributed by atoms with E-state index in [2.05, 4.69) is 0 Å². The van der Waals surface area contributed by atoms with Crippen molar-refractivity contribution in [2.24, 2.45) is 0 Å². The molecule has 0 fully saturated rings. The third kappa shape index (κ3) is 2.06. The first-order valence-corrected chi connectivity index (χ1v) is 5.28. The number of carbonyl (C=O) groups excluding carboxylic acids is 1. The lowest BCUT2D eigenvalue weighted by atomic mass is 10.0. The van der Waals surface area contributed by atoms with Crippen LogP contribution in [0.1, 0.15) is 17.3 Å². The zero-order valence-electron chi connectivity index (χ0n) is 9.37. The molecule has 0 radical (unpaired) electrons. The molecule has 0 aliphatic rings. The normalized spacial score (nSPS) is 10.5. The molecule has 0 bridgehead atoms. The second-order valence-electron chi connectivity index (χ2n) is 3.61. The molecule has 3 nitrogen and oxygen atoms in total. The van der Waals surface area contributed by atoms with Crippen molar-refractivity contribution < 1.29 is 13.9 Å². The van der Waals surface area contributed by atoms with Gasteiger partial charge in [0.05, 0.1) is 17.9 Å². The highest BCUT2D eigenvalue weighted by molar-refractivity contribution is 6.05. The maximum Gasteiger partial charge on any atom is 0.340 e. The van der Waals surface area contributed by atoms with Gasteiger partial charge in [0, 0.05) is 5.39 Å². The first-order chi connectivity index (χ1) is 8.13. The van der Waals surface area contributed by atoms with Crippen molar-refractivity contribution in [2.45, 2.75) is 6.92 Å². The van der Waals surface area contributed by atoms with Crippen LogP contribution in [-0.2, 0) is 4.74 Å². The van der Waals surface area contributed by atoms with Gasteiger partial charge in [0.25, 0.3) is 0 Å². The number of nitrogens with two attached hydrogens (primary N) is 1. The molecule has 2 N–H and O–H groups in total. The third-order valence-corrected chi connectivity index (χ3v) is 2.52. The molecule has 0 heterocycles. The molecule has 2 aromatic rings. The summed E-state index contributed by atoms with van der Waals surface area (Å²) >= 11 is 0. The Labute approximate surface area is 98.0 Å². The third-order valence-electron chi connectivity index (χ3n) is 2.52. The van der Waals surface area contributed by atoms with E-state index < -0.39 is 5.97 Å². The number of hydrogen-bond acceptors (Lipinski definition) is 3. The van der Waals surface area contributed by atoms with Gasteiger partial charge < -0.3 is 10.5 Å². The highest BCUT2D eigenvalue weighted by atomic mass is 19.1. The minimum atomic E-state index is -0.462. The van der Waals surface area contributed by atoms with Gasteiger partial charge in [-0.2, -0.15) is 0 Å². The monoisotopic (exact) mass is 233 g/mol. The highest BCUT2D eigenvalue weighted by Crippen LogP contribution is 2.26. The Bertz CT molecular complexity index is 581. The van der Waals surface area contributed by atoms with Crippen molar-refractivity contribution in [3.8, 4) is 0 Å². The van der Waals surface area contributed by atoms with E-state index in [1.54, 1.807) is 25.1 Å². The van der Waals surface area contributed by atoms with Gasteiger partial charge in [-0.3, -0.25) is 0 Å². The van der Waals surface area contributed by atoms with E-state index in [9.17, 15) is 9.18 Å². The second-order valence-corrected chi connectivity index (χ2v) is 3.61. The summed E-state index contributed by atoms with van der Waals surface area (Å²) in [6, 6.07) is 7.45. The Morgan fingerprint density at radius 3 is 2.82 bits per heavy atom. The minimum Gasteiger partial charge on any atom is -0.462 e. The molecule has 88 valence electrons. The van der Waals surface area contributed by atoms with Gasteiger partial charge in [-0.05, 0) is 36.6 Å². The van der Waals surface area contributed by atoms with Crippen LogP contribution in [0.5, 0.6) is 0 Å². The van der Waals surface area contributed by atoms with Crippen LogP contribution in [0, 0.1) is 5.82 Å². The number of anilines is 1. The number of rotatable bonds is 2. The minimum absolute atomic E-state index is 0.291. The van der Waals surface area contributed by atoms with E-state index in [4.69, 9.17) is 10.5 Å². The fourth-order valence-electron chi connectivity index (χ4n) is 1.71. The Morgan fingerprint density at radius 1 is 1.35 bits per heavy atom. The van der Waals surface area contributed by atoms with Gasteiger partial charge in [-0.25, -0.2) is 9.18 Å². The average Bonchev–Trinajstić information content (AvgIpc) is 2.29. The number of esters is 1. The summed E-state index contributed by atoms with van der Waals surface area (Å²) in [7, 11) is 0. The summed E-state index contributed by atoms with van der Waals surface area (Å²) in [6.45, 7) is 2.02. The van der Waals surface area contributed by atoms with Crippen molar-refractivity contribution >= 4 is 22.4 Å². The maximum absolute atomic E-state index is 13.0. The Morgan fingerprint density at radius 2 is 2.12 bits per heavy atom. The fourth-order valence-corrected chi connectivity index (χ4v) is 1.71. The van der Waals surface area contributed by atoms with Crippen LogP contribution >= 0.6 is 0 Å². The standard InChI is InChI=1S/C13H12FNO2/c1-2-17-13(16)11-5-3-8-7-9(14)4-6-10(8)12(11)15/h3-7H,2,15H2,1H3. The van der Waals surface area contributed by atoms with Crippen LogP contribution in [-0.4, -0.2) is 12.6 Å². The van der Waals surface area contributed by atoms with E-state index in [1.165, 1.54) is 12.1 Å². The van der Waals surface area contributed by atoms with Crippen molar-refractivity contribution in [3.05, 3.63) is 41.7 Å². The maximum atomic E-state index is 13.0. The Balaban J connectivity index is 2.58. The molecule has 0 saturated carbocycles. The van der Waals surface area contributed by atoms with Gasteiger partial charge in [0.1, 0.15) is 5.82 Å². The number of nitrogen functional groups attached to an aromatic ring is 1. The zero-order valence-corrected chi connectivity index (χ0v) is 9.37. The number of hydrogen-bond donors (Lipinski definition) is 1. The van der Waals surface area contributed by atoms with Gasteiger partial charge in [0.15, 0.2) is 0 Å². The molecular weight excluding hydrogens is 221 g/mol. The van der Waals surface area contributed by atoms with Crippen LogP contribution in [0.25, 0.3) is 10.8 Å². The largest absolute Gasteiger partial charge is 0.462 e. The molecule has 2 aromatic carbocycles. The summed E-state index contributed by atoms with van der Waals surface area (Å²) in [4.78, 5) is 11.6. The lowest BCUT2D eigenvalue weighted by molar-refractivity contribution is 0.0528. The van der Waals surface area contributed by atoms with E-state index in [0.717, 1.165) is 0 Å². The first kappa shape index (κ1) is 11.4. The number of ether oxygens (including phenoxy) is 1. The molecule has 0 atom stereocenters. The summed E-state index contributed by atoms with van der Waals surface area (Å²) in [5, 5.41) is 1.31.